The predicted molar refractivity (Wildman–Crippen MR) is 219 cm³/mol. The lowest BCUT2D eigenvalue weighted by Crippen LogP contribution is -2.82. The Kier molecular flexibility index (Phi) is 11.1. The summed E-state index contributed by atoms with van der Waals surface area (Å²) < 4.78 is 39.1. The van der Waals surface area contributed by atoms with Crippen molar-refractivity contribution in [1.29, 1.82) is 0 Å². The topological polar surface area (TPSA) is 176 Å². The highest BCUT2D eigenvalue weighted by atomic mass is 16.7. The second kappa shape index (κ2) is 15.8. The zero-order valence-corrected chi connectivity index (χ0v) is 35.5. The first kappa shape index (κ1) is 42.8. The standard InChI is InChI=1S/C48H55NO12/c1-26-32(57-44(55)38(52)36(28-17-11-8-12-18-28)49-42(53)29-19-13-9-14-20-29)23-31-39(58-43(54)30-21-15-10-16-22-30)40-47(7)33(24-34-48(40,25-56-34)59-27(2)50)60-46(5,6)61-41(47)37(51)35(26)45(31,3)4/h8-22,31-34,36-41,51-52H,23-25H2,1-7H3,(H,49,53)/t31-,32-,33-,34+,36-,37+,38+,39+,40-,41-,47+,48-/m0/s1. The van der Waals surface area contributed by atoms with Gasteiger partial charge in [-0.05, 0) is 73.6 Å². The molecule has 2 saturated heterocycles. The largest absolute Gasteiger partial charge is 0.458 e. The third-order valence-corrected chi connectivity index (χ3v) is 14.0. The van der Waals surface area contributed by atoms with E-state index in [2.05, 4.69) is 5.32 Å². The van der Waals surface area contributed by atoms with Crippen molar-refractivity contribution in [3.63, 3.8) is 0 Å². The van der Waals surface area contributed by atoms with Crippen molar-refractivity contribution in [2.24, 2.45) is 22.7 Å². The van der Waals surface area contributed by atoms with Crippen LogP contribution in [0.1, 0.15) is 93.6 Å². The summed E-state index contributed by atoms with van der Waals surface area (Å²) in [5, 5.41) is 27.6. The van der Waals surface area contributed by atoms with E-state index in [9.17, 15) is 29.4 Å². The molecule has 2 heterocycles. The molecular formula is C48H55NO12. The van der Waals surface area contributed by atoms with Gasteiger partial charge in [-0.2, -0.15) is 0 Å². The van der Waals surface area contributed by atoms with Gasteiger partial charge in [-0.1, -0.05) is 87.5 Å². The number of esters is 3. The second-order valence-electron chi connectivity index (χ2n) is 18.4. The number of amides is 1. The zero-order valence-electron chi connectivity index (χ0n) is 35.5. The number of carbonyl (C=O) groups is 4. The summed E-state index contributed by atoms with van der Waals surface area (Å²) in [7, 11) is 0. The number of rotatable bonds is 9. The highest BCUT2D eigenvalue weighted by molar-refractivity contribution is 5.95. The predicted octanol–water partition coefficient (Wildman–Crippen LogP) is 5.64. The van der Waals surface area contributed by atoms with Gasteiger partial charge in [-0.3, -0.25) is 9.59 Å². The molecule has 4 fully saturated rings. The monoisotopic (exact) mass is 837 g/mol. The first-order chi connectivity index (χ1) is 28.9. The average molecular weight is 838 g/mol. The van der Waals surface area contributed by atoms with Crippen LogP contribution >= 0.6 is 0 Å². The van der Waals surface area contributed by atoms with Gasteiger partial charge in [0.25, 0.3) is 5.91 Å². The van der Waals surface area contributed by atoms with Crippen LogP contribution in [0.3, 0.4) is 0 Å². The van der Waals surface area contributed by atoms with E-state index in [0.717, 1.165) is 0 Å². The molecule has 3 aromatic rings. The Morgan fingerprint density at radius 2 is 1.41 bits per heavy atom. The Morgan fingerprint density at radius 3 is 2.00 bits per heavy atom. The van der Waals surface area contributed by atoms with Crippen molar-refractivity contribution in [3.05, 3.63) is 119 Å². The molecule has 2 saturated carbocycles. The summed E-state index contributed by atoms with van der Waals surface area (Å²) >= 11 is 0. The highest BCUT2D eigenvalue weighted by Gasteiger charge is 2.77. The van der Waals surface area contributed by atoms with E-state index in [4.69, 9.17) is 28.4 Å². The normalized spacial score (nSPS) is 34.0. The lowest BCUT2D eigenvalue weighted by Gasteiger charge is -2.70. The van der Waals surface area contributed by atoms with Gasteiger partial charge >= 0.3 is 17.9 Å². The number of nitrogens with one attached hydrogen (secondary N) is 1. The van der Waals surface area contributed by atoms with Crippen molar-refractivity contribution >= 4 is 23.8 Å². The van der Waals surface area contributed by atoms with E-state index in [-0.39, 0.29) is 13.0 Å². The SMILES string of the molecule is CC(=O)O[C@@]12CO[C@@H]1C[C@@H]1OC(C)(C)O[C@H]3[C@H](O)C4=C(C)[C@@H](OC(=O)[C@H](O)[C@@H](NC(=O)c5ccccc5)c5ccccc5)C[C@@H]([C@@H](OC(=O)c5ccccc5)[C@H]2[C@@]13C)C4(C)C. The fourth-order valence-electron chi connectivity index (χ4n) is 11.2. The van der Waals surface area contributed by atoms with Gasteiger partial charge in [-0.25, -0.2) is 9.59 Å². The summed E-state index contributed by atoms with van der Waals surface area (Å²) in [6, 6.07) is 24.5. The number of benzene rings is 3. The van der Waals surface area contributed by atoms with Crippen LogP contribution in [0.15, 0.2) is 102 Å². The van der Waals surface area contributed by atoms with E-state index in [1.54, 1.807) is 112 Å². The first-order valence-electron chi connectivity index (χ1n) is 21.0. The van der Waals surface area contributed by atoms with Crippen LogP contribution < -0.4 is 5.32 Å². The quantitative estimate of drug-likeness (QED) is 0.138. The number of hydrogen-bond acceptors (Lipinski definition) is 12. The van der Waals surface area contributed by atoms with Gasteiger partial charge in [-0.15, -0.1) is 0 Å². The van der Waals surface area contributed by atoms with Crippen LogP contribution in [0.4, 0.5) is 0 Å². The fourth-order valence-corrected chi connectivity index (χ4v) is 11.2. The molecule has 61 heavy (non-hydrogen) atoms. The van der Waals surface area contributed by atoms with Crippen molar-refractivity contribution < 1.29 is 57.8 Å². The number of aliphatic hydroxyl groups excluding tert-OH is 2. The molecule has 2 aliphatic heterocycles. The molecule has 3 aliphatic carbocycles. The van der Waals surface area contributed by atoms with Crippen molar-refractivity contribution in [3.8, 4) is 0 Å². The number of aliphatic hydroxyl groups is 2. The minimum atomic E-state index is -1.86. The highest BCUT2D eigenvalue weighted by Crippen LogP contribution is 2.66. The molecule has 3 N–H and O–H groups in total. The lowest BCUT2D eigenvalue weighted by atomic mass is 9.45. The molecule has 8 rings (SSSR count). The molecule has 2 bridgehead atoms. The minimum Gasteiger partial charge on any atom is -0.458 e. The average Bonchev–Trinajstić information content (AvgIpc) is 3.22. The van der Waals surface area contributed by atoms with E-state index >= 15 is 0 Å². The van der Waals surface area contributed by atoms with Gasteiger partial charge in [0.2, 0.25) is 0 Å². The van der Waals surface area contributed by atoms with Gasteiger partial charge in [0.15, 0.2) is 17.5 Å². The van der Waals surface area contributed by atoms with E-state index in [1.165, 1.54) is 6.92 Å². The third-order valence-electron chi connectivity index (χ3n) is 14.0. The summed E-state index contributed by atoms with van der Waals surface area (Å²) in [6.07, 6.45) is -7.07. The van der Waals surface area contributed by atoms with Crippen LogP contribution in [0.25, 0.3) is 0 Å². The number of ether oxygens (including phenoxy) is 6. The lowest BCUT2D eigenvalue weighted by molar-refractivity contribution is -0.425. The van der Waals surface area contributed by atoms with E-state index < -0.39 is 107 Å². The molecule has 0 unspecified atom stereocenters. The molecule has 324 valence electrons. The van der Waals surface area contributed by atoms with Crippen LogP contribution in [0.5, 0.6) is 0 Å². The molecule has 13 nitrogen and oxygen atoms in total. The second-order valence-corrected chi connectivity index (χ2v) is 18.4. The van der Waals surface area contributed by atoms with E-state index in [1.807, 2.05) is 20.8 Å². The summed E-state index contributed by atoms with van der Waals surface area (Å²) in [5.74, 6) is -5.39. The molecule has 5 aliphatic rings. The molecule has 0 spiro atoms. The van der Waals surface area contributed by atoms with Gasteiger partial charge in [0, 0.05) is 30.2 Å². The van der Waals surface area contributed by atoms with Gasteiger partial charge in [0.05, 0.1) is 36.3 Å². The van der Waals surface area contributed by atoms with Gasteiger partial charge < -0.3 is 44.0 Å². The maximum atomic E-state index is 14.4. The Balaban J connectivity index is 1.24. The van der Waals surface area contributed by atoms with Crippen LogP contribution in [-0.2, 0) is 38.0 Å². The number of hydrogen-bond donors (Lipinski definition) is 3. The Morgan fingerprint density at radius 1 is 0.803 bits per heavy atom. The summed E-state index contributed by atoms with van der Waals surface area (Å²) in [5.41, 5.74) is -1.19. The maximum Gasteiger partial charge on any atom is 0.338 e. The van der Waals surface area contributed by atoms with Gasteiger partial charge in [0.1, 0.15) is 24.4 Å². The molecule has 0 aromatic heterocycles. The molecule has 12 atom stereocenters. The Bertz CT molecular complexity index is 2190. The summed E-state index contributed by atoms with van der Waals surface area (Å²) in [6.45, 7) is 12.5. The fraction of sp³-hybridized carbons (Fsp3) is 0.500. The molecule has 0 radical (unpaired) electrons. The van der Waals surface area contributed by atoms with E-state index in [0.29, 0.717) is 34.3 Å². The van der Waals surface area contributed by atoms with Crippen molar-refractivity contribution in [2.45, 2.75) is 121 Å². The zero-order chi connectivity index (χ0) is 43.6. The minimum absolute atomic E-state index is 0.00484. The molecular weight excluding hydrogens is 783 g/mol. The Labute approximate surface area is 355 Å². The van der Waals surface area contributed by atoms with Crippen LogP contribution in [-0.4, -0.2) is 94.8 Å². The third kappa shape index (κ3) is 7.27. The Hall–Kier alpha value is -4.92. The smallest absolute Gasteiger partial charge is 0.338 e. The number of fused-ring (bicyclic) bond motifs is 4. The maximum absolute atomic E-state index is 14.4. The molecule has 1 amide bonds. The molecule has 13 heteroatoms. The van der Waals surface area contributed by atoms with Crippen molar-refractivity contribution in [1.82, 2.24) is 5.32 Å². The summed E-state index contributed by atoms with van der Waals surface area (Å²) in [4.78, 5) is 55.3. The first-order valence-corrected chi connectivity index (χ1v) is 21.0. The number of carbonyl (C=O) groups excluding carboxylic acids is 4. The van der Waals surface area contributed by atoms with Crippen LogP contribution in [0.2, 0.25) is 0 Å². The van der Waals surface area contributed by atoms with Crippen LogP contribution in [0, 0.1) is 22.7 Å². The van der Waals surface area contributed by atoms with Crippen molar-refractivity contribution in [2.75, 3.05) is 6.61 Å². The molecule has 3 aromatic carbocycles.